The topological polar surface area (TPSA) is 111 Å². The van der Waals surface area contributed by atoms with E-state index in [1.807, 2.05) is 37.3 Å². The van der Waals surface area contributed by atoms with Crippen molar-refractivity contribution in [2.24, 2.45) is 0 Å². The van der Waals surface area contributed by atoms with Crippen LogP contribution in [0.1, 0.15) is 21.5 Å². The fourth-order valence-corrected chi connectivity index (χ4v) is 3.69. The maximum Gasteiger partial charge on any atom is 0.267 e. The number of nitrogens with zero attached hydrogens (tertiary/aromatic N) is 3. The average molecular weight is 447 g/mol. The van der Waals surface area contributed by atoms with Crippen LogP contribution >= 0.6 is 0 Å². The number of benzene rings is 1. The lowest BCUT2D eigenvalue weighted by Gasteiger charge is -2.15. The van der Waals surface area contributed by atoms with Crippen LogP contribution < -0.4 is 21.1 Å². The lowest BCUT2D eigenvalue weighted by Crippen LogP contribution is -2.35. The van der Waals surface area contributed by atoms with E-state index in [9.17, 15) is 9.59 Å². The summed E-state index contributed by atoms with van der Waals surface area (Å²) in [6.45, 7) is 2.72. The molecule has 170 valence electrons. The van der Waals surface area contributed by atoms with Gasteiger partial charge in [0, 0.05) is 26.4 Å². The second kappa shape index (κ2) is 9.25. The third-order valence-electron chi connectivity index (χ3n) is 5.51. The number of hydrogen-bond acceptors (Lipinski definition) is 6. The molecule has 4 rings (SSSR count). The van der Waals surface area contributed by atoms with Crippen molar-refractivity contribution >= 4 is 22.6 Å². The van der Waals surface area contributed by atoms with Gasteiger partial charge in [0.05, 0.1) is 24.7 Å². The minimum atomic E-state index is -0.447. The molecule has 3 aromatic heterocycles. The van der Waals surface area contributed by atoms with Crippen LogP contribution in [-0.4, -0.2) is 40.7 Å². The zero-order chi connectivity index (χ0) is 23.5. The first-order chi connectivity index (χ1) is 15.9. The summed E-state index contributed by atoms with van der Waals surface area (Å²) in [6.07, 6.45) is 1.65. The molecule has 0 bridgehead atoms. The van der Waals surface area contributed by atoms with Gasteiger partial charge in [-0.3, -0.25) is 19.4 Å². The first-order valence-electron chi connectivity index (χ1n) is 10.4. The minimum absolute atomic E-state index is 0.0309. The van der Waals surface area contributed by atoms with Gasteiger partial charge in [0.1, 0.15) is 22.5 Å². The smallest absolute Gasteiger partial charge is 0.267 e. The predicted octanol–water partition coefficient (Wildman–Crippen LogP) is 2.02. The Morgan fingerprint density at radius 3 is 2.61 bits per heavy atom. The molecule has 0 aliphatic rings. The summed E-state index contributed by atoms with van der Waals surface area (Å²) < 4.78 is 13.4. The highest BCUT2D eigenvalue weighted by molar-refractivity contribution is 5.96. The quantitative estimate of drug-likeness (QED) is 0.421. The number of rotatable bonds is 7. The van der Waals surface area contributed by atoms with Crippen molar-refractivity contribution < 1.29 is 14.3 Å². The van der Waals surface area contributed by atoms with Gasteiger partial charge in [0.25, 0.3) is 11.5 Å². The van der Waals surface area contributed by atoms with E-state index >= 15 is 0 Å². The number of methoxy groups -OCH3 is 2. The number of fused-ring (bicyclic) bond motifs is 2. The van der Waals surface area contributed by atoms with Gasteiger partial charge in [-0.25, -0.2) is 4.98 Å². The first-order valence-corrected chi connectivity index (χ1v) is 10.4. The molecule has 0 aliphatic heterocycles. The van der Waals surface area contributed by atoms with E-state index in [0.29, 0.717) is 17.9 Å². The zero-order valence-corrected chi connectivity index (χ0v) is 18.7. The van der Waals surface area contributed by atoms with Crippen molar-refractivity contribution in [2.45, 2.75) is 20.0 Å². The van der Waals surface area contributed by atoms with E-state index in [1.54, 1.807) is 31.0 Å². The van der Waals surface area contributed by atoms with E-state index < -0.39 is 5.91 Å². The van der Waals surface area contributed by atoms with Crippen LogP contribution in [-0.2, 0) is 17.8 Å². The monoisotopic (exact) mass is 447 g/mol. The Morgan fingerprint density at radius 1 is 1.15 bits per heavy atom. The van der Waals surface area contributed by atoms with E-state index in [2.05, 4.69) is 10.3 Å². The zero-order valence-electron chi connectivity index (χ0n) is 18.7. The van der Waals surface area contributed by atoms with Crippen molar-refractivity contribution in [3.05, 3.63) is 81.2 Å². The summed E-state index contributed by atoms with van der Waals surface area (Å²) in [5.41, 5.74) is 2.35. The van der Waals surface area contributed by atoms with Crippen LogP contribution in [0.15, 0.2) is 53.5 Å². The Kier molecular flexibility index (Phi) is 6.23. The number of carbonyl (C=O) groups excluding carboxylic acids is 1. The highest BCUT2D eigenvalue weighted by Crippen LogP contribution is 2.14. The Bertz CT molecular complexity index is 1450. The van der Waals surface area contributed by atoms with Crippen LogP contribution in [0.4, 0.5) is 0 Å². The van der Waals surface area contributed by atoms with E-state index in [4.69, 9.17) is 14.9 Å². The predicted molar refractivity (Wildman–Crippen MR) is 124 cm³/mol. The molecule has 33 heavy (non-hydrogen) atoms. The van der Waals surface area contributed by atoms with Crippen molar-refractivity contribution in [3.63, 3.8) is 0 Å². The SMILES string of the molecule is COCCn1c(=N)c(C(=O)NCc2ccc(OC)cc2)cc2c(=O)n3cccc(C)c3nc21. The number of amides is 1. The van der Waals surface area contributed by atoms with E-state index in [-0.39, 0.29) is 35.1 Å². The van der Waals surface area contributed by atoms with Crippen molar-refractivity contribution in [1.29, 1.82) is 5.41 Å². The molecule has 1 amide bonds. The molecule has 0 saturated carbocycles. The van der Waals surface area contributed by atoms with Crippen LogP contribution in [0.3, 0.4) is 0 Å². The Labute approximate surface area is 189 Å². The summed E-state index contributed by atoms with van der Waals surface area (Å²) in [4.78, 5) is 31.0. The highest BCUT2D eigenvalue weighted by Gasteiger charge is 2.18. The molecule has 0 spiro atoms. The first kappa shape index (κ1) is 22.2. The molecule has 9 heteroatoms. The second-order valence-corrected chi connectivity index (χ2v) is 7.62. The fraction of sp³-hybridized carbons (Fsp3) is 0.250. The number of nitrogens with one attached hydrogen (secondary N) is 2. The fourth-order valence-electron chi connectivity index (χ4n) is 3.69. The molecule has 2 N–H and O–H groups in total. The number of aryl methyl sites for hydroxylation is 1. The summed E-state index contributed by atoms with van der Waals surface area (Å²) in [5.74, 6) is 0.278. The van der Waals surface area contributed by atoms with Crippen molar-refractivity contribution in [3.8, 4) is 5.75 Å². The van der Waals surface area contributed by atoms with Crippen LogP contribution in [0.25, 0.3) is 16.7 Å². The maximum atomic E-state index is 13.3. The van der Waals surface area contributed by atoms with Crippen molar-refractivity contribution in [2.75, 3.05) is 20.8 Å². The molecule has 9 nitrogen and oxygen atoms in total. The normalized spacial score (nSPS) is 11.1. The summed E-state index contributed by atoms with van der Waals surface area (Å²) in [7, 11) is 3.15. The van der Waals surface area contributed by atoms with Crippen LogP contribution in [0.5, 0.6) is 5.75 Å². The molecular weight excluding hydrogens is 422 g/mol. The number of pyridine rings is 2. The van der Waals surface area contributed by atoms with Crippen LogP contribution in [0.2, 0.25) is 0 Å². The summed E-state index contributed by atoms with van der Waals surface area (Å²) in [5, 5.41) is 11.8. The minimum Gasteiger partial charge on any atom is -0.497 e. The van der Waals surface area contributed by atoms with Gasteiger partial charge in [-0.15, -0.1) is 0 Å². The van der Waals surface area contributed by atoms with Gasteiger partial charge in [0.15, 0.2) is 0 Å². The van der Waals surface area contributed by atoms with Gasteiger partial charge < -0.3 is 19.4 Å². The lowest BCUT2D eigenvalue weighted by molar-refractivity contribution is 0.0948. The Hall–Kier alpha value is -3.98. The summed E-state index contributed by atoms with van der Waals surface area (Å²) >= 11 is 0. The largest absolute Gasteiger partial charge is 0.497 e. The molecule has 0 unspecified atom stereocenters. The van der Waals surface area contributed by atoms with Gasteiger partial charge in [-0.05, 0) is 42.3 Å². The molecule has 0 radical (unpaired) electrons. The number of ether oxygens (including phenoxy) is 2. The molecule has 0 fully saturated rings. The maximum absolute atomic E-state index is 13.3. The second-order valence-electron chi connectivity index (χ2n) is 7.62. The average Bonchev–Trinajstić information content (AvgIpc) is 2.83. The summed E-state index contributed by atoms with van der Waals surface area (Å²) in [6, 6.07) is 12.4. The number of carbonyl (C=O) groups is 1. The molecule has 0 aliphatic carbocycles. The lowest BCUT2D eigenvalue weighted by atomic mass is 10.1. The van der Waals surface area contributed by atoms with Crippen LogP contribution in [0, 0.1) is 12.3 Å². The number of aromatic nitrogens is 3. The molecule has 4 aromatic rings. The standard InChI is InChI=1S/C24H25N5O4/c1-15-5-4-10-29-21(15)27-22-19(24(29)31)13-18(20(25)28(22)11-12-32-2)23(30)26-14-16-6-8-17(33-3)9-7-16/h4-10,13,25H,11-12,14H2,1-3H3,(H,26,30). The molecule has 1 aromatic carbocycles. The highest BCUT2D eigenvalue weighted by atomic mass is 16.5. The Morgan fingerprint density at radius 2 is 1.91 bits per heavy atom. The molecule has 0 saturated heterocycles. The van der Waals surface area contributed by atoms with Gasteiger partial charge in [0.2, 0.25) is 0 Å². The third kappa shape index (κ3) is 4.22. The van der Waals surface area contributed by atoms with E-state index in [0.717, 1.165) is 16.9 Å². The van der Waals surface area contributed by atoms with Gasteiger partial charge in [-0.2, -0.15) is 0 Å². The molecule has 0 atom stereocenters. The molecule has 3 heterocycles. The van der Waals surface area contributed by atoms with E-state index in [1.165, 1.54) is 10.5 Å². The van der Waals surface area contributed by atoms with Gasteiger partial charge >= 0.3 is 0 Å². The van der Waals surface area contributed by atoms with Gasteiger partial charge in [-0.1, -0.05) is 18.2 Å². The number of hydrogen-bond donors (Lipinski definition) is 2. The van der Waals surface area contributed by atoms with Crippen molar-refractivity contribution in [1.82, 2.24) is 19.3 Å². The molecular formula is C24H25N5O4. The Balaban J connectivity index is 1.80. The third-order valence-corrected chi connectivity index (χ3v) is 5.51.